The number of halogens is 1. The van der Waals surface area contributed by atoms with Crippen LogP contribution in [0.3, 0.4) is 0 Å². The van der Waals surface area contributed by atoms with E-state index >= 15 is 0 Å². The molecule has 4 rings (SSSR count). The first kappa shape index (κ1) is 17.4. The van der Waals surface area contributed by atoms with Crippen molar-refractivity contribution in [3.63, 3.8) is 0 Å². The number of ether oxygens (including phenoxy) is 1. The number of nitrogens with zero attached hydrogens (tertiary/aromatic N) is 2. The maximum atomic E-state index is 13.3. The van der Waals surface area contributed by atoms with Gasteiger partial charge in [0.2, 0.25) is 11.9 Å². The summed E-state index contributed by atoms with van der Waals surface area (Å²) in [6.07, 6.45) is 5.83. The van der Waals surface area contributed by atoms with E-state index in [1.54, 1.807) is 11.0 Å². The Hall–Kier alpha value is -2.02. The summed E-state index contributed by atoms with van der Waals surface area (Å²) in [6, 6.07) is 2.74. The van der Waals surface area contributed by atoms with Crippen molar-refractivity contribution in [3.05, 3.63) is 29.8 Å². The van der Waals surface area contributed by atoms with Crippen LogP contribution in [-0.2, 0) is 9.53 Å². The summed E-state index contributed by atoms with van der Waals surface area (Å²) in [7, 11) is 0. The molecule has 1 aromatic rings. The number of pyridine rings is 1. The van der Waals surface area contributed by atoms with Gasteiger partial charge in [-0.15, -0.1) is 0 Å². The van der Waals surface area contributed by atoms with E-state index in [2.05, 4.69) is 10.3 Å². The number of nitrogens with one attached hydrogen (secondary N) is 1. The monoisotopic (exact) mass is 361 g/mol. The molecule has 3 fully saturated rings. The van der Waals surface area contributed by atoms with Gasteiger partial charge >= 0.3 is 0 Å². The number of aromatic nitrogens is 1. The van der Waals surface area contributed by atoms with Gasteiger partial charge in [-0.1, -0.05) is 0 Å². The molecular formula is C19H24FN3O3. The van der Waals surface area contributed by atoms with E-state index in [0.29, 0.717) is 31.9 Å². The van der Waals surface area contributed by atoms with Crippen molar-refractivity contribution in [1.82, 2.24) is 15.2 Å². The van der Waals surface area contributed by atoms with Crippen LogP contribution in [0.5, 0.6) is 0 Å². The molecule has 1 N–H and O–H groups in total. The Morgan fingerprint density at radius 2 is 2.04 bits per heavy atom. The van der Waals surface area contributed by atoms with E-state index in [9.17, 15) is 14.0 Å². The van der Waals surface area contributed by atoms with Crippen LogP contribution >= 0.6 is 0 Å². The molecule has 1 aliphatic carbocycles. The van der Waals surface area contributed by atoms with Gasteiger partial charge in [0.15, 0.2) is 0 Å². The maximum Gasteiger partial charge on any atom is 0.254 e. The van der Waals surface area contributed by atoms with Crippen LogP contribution in [0.25, 0.3) is 0 Å². The third-order valence-corrected chi connectivity index (χ3v) is 6.05. The predicted octanol–water partition coefficient (Wildman–Crippen LogP) is 1.76. The molecule has 1 saturated carbocycles. The van der Waals surface area contributed by atoms with E-state index in [1.165, 1.54) is 12.3 Å². The van der Waals surface area contributed by atoms with Crippen molar-refractivity contribution in [2.24, 2.45) is 11.3 Å². The number of hydrogen-bond acceptors (Lipinski definition) is 4. The summed E-state index contributed by atoms with van der Waals surface area (Å²) in [5.41, 5.74) is 0.322. The summed E-state index contributed by atoms with van der Waals surface area (Å²) in [4.78, 5) is 30.1. The van der Waals surface area contributed by atoms with Crippen LogP contribution in [-0.4, -0.2) is 54.0 Å². The van der Waals surface area contributed by atoms with Crippen LogP contribution < -0.4 is 5.32 Å². The zero-order valence-electron chi connectivity index (χ0n) is 14.7. The Bertz CT molecular complexity index is 699. The normalized spacial score (nSPS) is 25.1. The molecule has 140 valence electrons. The minimum absolute atomic E-state index is 0.0108. The molecule has 2 saturated heterocycles. The molecule has 0 radical (unpaired) electrons. The Kier molecular flexibility index (Phi) is 4.65. The third-order valence-electron chi connectivity index (χ3n) is 6.05. The van der Waals surface area contributed by atoms with Gasteiger partial charge in [-0.2, -0.15) is 4.39 Å². The number of likely N-dealkylation sites (tertiary alicyclic amines) is 1. The zero-order valence-corrected chi connectivity index (χ0v) is 14.7. The first-order valence-electron chi connectivity index (χ1n) is 9.36. The van der Waals surface area contributed by atoms with Crippen LogP contribution in [0.1, 0.15) is 42.5 Å². The van der Waals surface area contributed by atoms with Gasteiger partial charge in [-0.05, 0) is 43.6 Å². The lowest BCUT2D eigenvalue weighted by atomic mass is 9.69. The van der Waals surface area contributed by atoms with Crippen molar-refractivity contribution in [1.29, 1.82) is 0 Å². The van der Waals surface area contributed by atoms with E-state index in [-0.39, 0.29) is 29.2 Å². The molecule has 0 aromatic carbocycles. The number of piperidine rings is 1. The highest BCUT2D eigenvalue weighted by Gasteiger charge is 2.46. The number of carbonyl (C=O) groups is 2. The van der Waals surface area contributed by atoms with Gasteiger partial charge in [0, 0.05) is 43.4 Å². The van der Waals surface area contributed by atoms with E-state index in [4.69, 9.17) is 4.74 Å². The average molecular weight is 361 g/mol. The van der Waals surface area contributed by atoms with Crippen molar-refractivity contribution >= 4 is 11.8 Å². The molecule has 2 amide bonds. The number of hydrogen-bond donors (Lipinski definition) is 1. The second-order valence-corrected chi connectivity index (χ2v) is 7.68. The quantitative estimate of drug-likeness (QED) is 0.833. The largest absolute Gasteiger partial charge is 0.379 e. The lowest BCUT2D eigenvalue weighted by molar-refractivity contribution is -0.127. The highest BCUT2D eigenvalue weighted by atomic mass is 19.1. The van der Waals surface area contributed by atoms with Gasteiger partial charge < -0.3 is 15.0 Å². The highest BCUT2D eigenvalue weighted by Crippen LogP contribution is 2.42. The summed E-state index contributed by atoms with van der Waals surface area (Å²) in [5, 5.41) is 3.20. The minimum Gasteiger partial charge on any atom is -0.379 e. The molecular weight excluding hydrogens is 337 g/mol. The molecule has 0 bridgehead atoms. The predicted molar refractivity (Wildman–Crippen MR) is 91.9 cm³/mol. The standard InChI is InChI=1S/C19H24FN3O3/c20-16-11-14(3-7-21-16)18(25)23-8-4-19(5-9-23)6-10-26-12-15(19)22-17(24)13-1-2-13/h3,7,11,13,15H,1-2,4-6,8-10,12H2,(H,22,24)/t15-/m1/s1. The molecule has 0 unspecified atom stereocenters. The first-order valence-corrected chi connectivity index (χ1v) is 9.36. The average Bonchev–Trinajstić information content (AvgIpc) is 3.49. The Morgan fingerprint density at radius 1 is 1.27 bits per heavy atom. The van der Waals surface area contributed by atoms with Crippen molar-refractivity contribution in [2.75, 3.05) is 26.3 Å². The molecule has 2 aliphatic heterocycles. The summed E-state index contributed by atoms with van der Waals surface area (Å²) >= 11 is 0. The fourth-order valence-electron chi connectivity index (χ4n) is 4.13. The second kappa shape index (κ2) is 6.95. The molecule has 1 atom stereocenters. The second-order valence-electron chi connectivity index (χ2n) is 7.68. The molecule has 7 heteroatoms. The topological polar surface area (TPSA) is 71.5 Å². The smallest absolute Gasteiger partial charge is 0.254 e. The van der Waals surface area contributed by atoms with Gasteiger partial charge in [-0.25, -0.2) is 4.98 Å². The van der Waals surface area contributed by atoms with Crippen LogP contribution in [0.2, 0.25) is 0 Å². The van der Waals surface area contributed by atoms with E-state index in [0.717, 1.165) is 32.1 Å². The fraction of sp³-hybridized carbons (Fsp3) is 0.632. The first-order chi connectivity index (χ1) is 12.6. The molecule has 6 nitrogen and oxygen atoms in total. The molecule has 26 heavy (non-hydrogen) atoms. The SMILES string of the molecule is O=C(N[C@@H]1COCCC12CCN(C(=O)c1ccnc(F)c1)CC2)C1CC1. The maximum absolute atomic E-state index is 13.3. The van der Waals surface area contributed by atoms with Gasteiger partial charge in [0.25, 0.3) is 5.91 Å². The molecule has 1 spiro atoms. The molecule has 3 aliphatic rings. The Labute approximate surface area is 152 Å². The summed E-state index contributed by atoms with van der Waals surface area (Å²) in [6.45, 7) is 2.46. The third kappa shape index (κ3) is 3.45. The van der Waals surface area contributed by atoms with Gasteiger partial charge in [-0.3, -0.25) is 9.59 Å². The summed E-state index contributed by atoms with van der Waals surface area (Å²) in [5.74, 6) is -0.480. The minimum atomic E-state index is -0.642. The highest BCUT2D eigenvalue weighted by molar-refractivity contribution is 5.94. The zero-order chi connectivity index (χ0) is 18.1. The Balaban J connectivity index is 1.41. The van der Waals surface area contributed by atoms with Crippen molar-refractivity contribution < 1.29 is 18.7 Å². The number of amides is 2. The van der Waals surface area contributed by atoms with E-state index < -0.39 is 5.95 Å². The molecule has 3 heterocycles. The van der Waals surface area contributed by atoms with E-state index in [1.807, 2.05) is 0 Å². The molecule has 1 aromatic heterocycles. The summed E-state index contributed by atoms with van der Waals surface area (Å²) < 4.78 is 18.9. The lowest BCUT2D eigenvalue weighted by Crippen LogP contribution is -2.58. The lowest BCUT2D eigenvalue weighted by Gasteiger charge is -2.49. The van der Waals surface area contributed by atoms with Gasteiger partial charge in [0.1, 0.15) is 0 Å². The van der Waals surface area contributed by atoms with Crippen LogP contribution in [0.15, 0.2) is 18.3 Å². The number of rotatable bonds is 3. The van der Waals surface area contributed by atoms with Crippen LogP contribution in [0, 0.1) is 17.3 Å². The Morgan fingerprint density at radius 3 is 2.73 bits per heavy atom. The van der Waals surface area contributed by atoms with Crippen molar-refractivity contribution in [2.45, 2.75) is 38.1 Å². The van der Waals surface area contributed by atoms with Crippen molar-refractivity contribution in [3.8, 4) is 0 Å². The van der Waals surface area contributed by atoms with Crippen LogP contribution in [0.4, 0.5) is 4.39 Å². The number of carbonyl (C=O) groups excluding carboxylic acids is 2. The van der Waals surface area contributed by atoms with Gasteiger partial charge in [0.05, 0.1) is 12.6 Å². The fourth-order valence-corrected chi connectivity index (χ4v) is 4.13.